The molecule has 2 bridgehead atoms. The van der Waals surface area contributed by atoms with Gasteiger partial charge in [-0.25, -0.2) is 9.37 Å². The molecule has 2 aromatic carbocycles. The summed E-state index contributed by atoms with van der Waals surface area (Å²) in [5.74, 6) is -0.107. The van der Waals surface area contributed by atoms with E-state index in [9.17, 15) is 9.18 Å². The number of nitrogens with two attached hydrogens (primary N) is 1. The summed E-state index contributed by atoms with van der Waals surface area (Å²) < 4.78 is 20.4. The number of amides is 1. The Bertz CT molecular complexity index is 1750. The minimum atomic E-state index is -0.379. The van der Waals surface area contributed by atoms with Gasteiger partial charge in [-0.05, 0) is 73.5 Å². The van der Waals surface area contributed by atoms with Crippen molar-refractivity contribution in [3.63, 3.8) is 0 Å². The number of fused-ring (bicyclic) bond motifs is 8. The summed E-state index contributed by atoms with van der Waals surface area (Å²) in [6.45, 7) is 4.18. The first kappa shape index (κ1) is 21.0. The Labute approximate surface area is 199 Å². The number of aromatic nitrogens is 2. The van der Waals surface area contributed by atoms with Gasteiger partial charge < -0.3 is 15.5 Å². The average molecular weight is 465 g/mol. The zero-order chi connectivity index (χ0) is 24.3. The number of nitrogen functional groups attached to an aromatic ring is 1. The van der Waals surface area contributed by atoms with Crippen LogP contribution in [0.1, 0.15) is 27.2 Å². The summed E-state index contributed by atoms with van der Waals surface area (Å²) in [5, 5.41) is 6.59. The number of halogens is 1. The van der Waals surface area contributed by atoms with Gasteiger partial charge in [-0.2, -0.15) is 0 Å². The number of hydrogen-bond acceptors (Lipinski definition) is 5. The van der Waals surface area contributed by atoms with Gasteiger partial charge in [-0.15, -0.1) is 0 Å². The Morgan fingerprint density at radius 2 is 1.74 bits per heavy atom. The first-order valence-corrected chi connectivity index (χ1v) is 11.2. The lowest BCUT2D eigenvalue weighted by atomic mass is 9.99. The largest absolute Gasteiger partial charge is 0.455 e. The molecule has 1 amide bonds. The lowest BCUT2D eigenvalue weighted by molar-refractivity contribution is 0.0951. The molecule has 0 atom stereocenters. The minimum absolute atomic E-state index is 0.193. The fraction of sp³-hybridized carbons (Fsp3) is 0.107. The number of furan rings is 2. The molecule has 0 radical (unpaired) electrons. The van der Waals surface area contributed by atoms with Gasteiger partial charge in [0.2, 0.25) is 0 Å². The Morgan fingerprint density at radius 3 is 2.51 bits per heavy atom. The van der Waals surface area contributed by atoms with Crippen molar-refractivity contribution in [3.8, 4) is 11.3 Å². The molecule has 0 aliphatic heterocycles. The first-order valence-electron chi connectivity index (χ1n) is 11.2. The summed E-state index contributed by atoms with van der Waals surface area (Å²) in [7, 11) is 0. The molecule has 0 aliphatic carbocycles. The molecule has 0 saturated carbocycles. The van der Waals surface area contributed by atoms with Gasteiger partial charge >= 0.3 is 0 Å². The second kappa shape index (κ2) is 7.77. The molecule has 3 N–H and O–H groups in total. The zero-order valence-electron chi connectivity index (χ0n) is 19.1. The SMILES string of the molecule is Cc1cc(N)nc(C)c1CNC(=O)c1ccc2c(c1)c1oc2c2ccc(-c3ncccc3F)cc21. The van der Waals surface area contributed by atoms with Crippen LogP contribution in [0.5, 0.6) is 0 Å². The van der Waals surface area contributed by atoms with Gasteiger partial charge in [0.05, 0.1) is 0 Å². The number of rotatable bonds is 4. The molecule has 7 heteroatoms. The number of anilines is 1. The van der Waals surface area contributed by atoms with Gasteiger partial charge in [-0.1, -0.05) is 6.07 Å². The van der Waals surface area contributed by atoms with Crippen molar-refractivity contribution in [1.82, 2.24) is 15.3 Å². The highest BCUT2D eigenvalue weighted by Gasteiger charge is 2.20. The molecule has 0 fully saturated rings. The van der Waals surface area contributed by atoms with Crippen molar-refractivity contribution in [2.75, 3.05) is 5.73 Å². The smallest absolute Gasteiger partial charge is 0.251 e. The summed E-state index contributed by atoms with van der Waals surface area (Å²) in [6.07, 6.45) is 1.57. The number of nitrogens with zero attached hydrogens (tertiary/aromatic N) is 2. The molecule has 172 valence electrons. The van der Waals surface area contributed by atoms with E-state index in [0.29, 0.717) is 34.8 Å². The molecule has 6 nitrogen and oxygen atoms in total. The monoisotopic (exact) mass is 464 g/mol. The van der Waals surface area contributed by atoms with E-state index in [0.717, 1.165) is 43.9 Å². The van der Waals surface area contributed by atoms with Crippen LogP contribution in [0.2, 0.25) is 0 Å². The molecular formula is C28H21FN4O2. The highest BCUT2D eigenvalue weighted by atomic mass is 19.1. The fourth-order valence-corrected chi connectivity index (χ4v) is 4.78. The normalized spacial score (nSPS) is 11.6. The summed E-state index contributed by atoms with van der Waals surface area (Å²) in [6, 6.07) is 16.0. The number of nitrogens with one attached hydrogen (secondary N) is 1. The van der Waals surface area contributed by atoms with Crippen LogP contribution >= 0.6 is 0 Å². The molecule has 6 rings (SSSR count). The van der Waals surface area contributed by atoms with Crippen LogP contribution in [0, 0.1) is 19.7 Å². The van der Waals surface area contributed by atoms with Gasteiger partial charge in [0.25, 0.3) is 5.91 Å². The van der Waals surface area contributed by atoms with Gasteiger partial charge in [0.15, 0.2) is 0 Å². The predicted octanol–water partition coefficient (Wildman–Crippen LogP) is 5.90. The van der Waals surface area contributed by atoms with E-state index >= 15 is 0 Å². The molecule has 0 saturated heterocycles. The molecule has 0 aliphatic rings. The van der Waals surface area contributed by atoms with E-state index < -0.39 is 0 Å². The number of hydrogen-bond donors (Lipinski definition) is 2. The van der Waals surface area contributed by atoms with Crippen molar-refractivity contribution in [1.29, 1.82) is 0 Å². The van der Waals surface area contributed by atoms with Crippen molar-refractivity contribution >= 4 is 44.4 Å². The van der Waals surface area contributed by atoms with E-state index in [1.54, 1.807) is 24.4 Å². The molecule has 4 heterocycles. The van der Waals surface area contributed by atoms with Crippen molar-refractivity contribution < 1.29 is 13.6 Å². The summed E-state index contributed by atoms with van der Waals surface area (Å²) in [4.78, 5) is 21.4. The van der Waals surface area contributed by atoms with Crippen LogP contribution in [0.3, 0.4) is 0 Å². The number of aryl methyl sites for hydroxylation is 2. The van der Waals surface area contributed by atoms with Crippen LogP contribution in [0.4, 0.5) is 10.2 Å². The predicted molar refractivity (Wildman–Crippen MR) is 135 cm³/mol. The van der Waals surface area contributed by atoms with Crippen LogP contribution in [-0.4, -0.2) is 15.9 Å². The van der Waals surface area contributed by atoms with Crippen LogP contribution in [0.15, 0.2) is 65.2 Å². The van der Waals surface area contributed by atoms with Crippen molar-refractivity contribution in [2.24, 2.45) is 0 Å². The molecule has 6 aromatic rings. The highest BCUT2D eigenvalue weighted by molar-refractivity contribution is 6.26. The quantitative estimate of drug-likeness (QED) is 0.317. The van der Waals surface area contributed by atoms with E-state index in [-0.39, 0.29) is 11.7 Å². The van der Waals surface area contributed by atoms with Crippen molar-refractivity contribution in [3.05, 3.63) is 89.0 Å². The Balaban J connectivity index is 1.36. The van der Waals surface area contributed by atoms with Crippen LogP contribution in [0.25, 0.3) is 44.0 Å². The lowest BCUT2D eigenvalue weighted by Gasteiger charge is -2.11. The van der Waals surface area contributed by atoms with Gasteiger partial charge in [0.1, 0.15) is 28.5 Å². The van der Waals surface area contributed by atoms with E-state index in [1.165, 1.54) is 6.07 Å². The standard InChI is InChI=1S/C28H21FN4O2/c1-14-10-24(30)33-15(2)22(14)13-32-28(34)17-6-8-19-21(12-17)27-20-11-16(5-7-18(20)26(19)35-27)25-23(29)4-3-9-31-25/h3-12H,13H2,1-2H3,(H2,30,33)(H,32,34). The third kappa shape index (κ3) is 3.35. The van der Waals surface area contributed by atoms with E-state index in [4.69, 9.17) is 10.2 Å². The lowest BCUT2D eigenvalue weighted by Crippen LogP contribution is -2.24. The van der Waals surface area contributed by atoms with E-state index in [2.05, 4.69) is 15.3 Å². The highest BCUT2D eigenvalue weighted by Crippen LogP contribution is 2.42. The Kier molecular flexibility index (Phi) is 4.67. The molecule has 0 unspecified atom stereocenters. The third-order valence-electron chi connectivity index (χ3n) is 6.52. The fourth-order valence-electron chi connectivity index (χ4n) is 4.78. The number of carbonyl (C=O) groups is 1. The third-order valence-corrected chi connectivity index (χ3v) is 6.52. The maximum atomic E-state index is 14.3. The topological polar surface area (TPSA) is 94.0 Å². The van der Waals surface area contributed by atoms with Gasteiger partial charge in [-0.3, -0.25) is 9.78 Å². The molecule has 4 aromatic heterocycles. The second-order valence-corrected chi connectivity index (χ2v) is 8.73. The summed E-state index contributed by atoms with van der Waals surface area (Å²) in [5.41, 5.74) is 11.5. The number of pyridine rings is 2. The maximum Gasteiger partial charge on any atom is 0.251 e. The average Bonchev–Trinajstić information content (AvgIpc) is 3.40. The number of carbonyl (C=O) groups excluding carboxylic acids is 1. The second-order valence-electron chi connectivity index (χ2n) is 8.73. The van der Waals surface area contributed by atoms with Crippen LogP contribution < -0.4 is 11.1 Å². The summed E-state index contributed by atoms with van der Waals surface area (Å²) >= 11 is 0. The van der Waals surface area contributed by atoms with E-state index in [1.807, 2.05) is 44.2 Å². The Morgan fingerprint density at radius 1 is 1.00 bits per heavy atom. The van der Waals surface area contributed by atoms with Crippen LogP contribution in [-0.2, 0) is 6.54 Å². The Hall–Kier alpha value is -4.52. The molecule has 0 spiro atoms. The molecular weight excluding hydrogens is 443 g/mol. The molecule has 35 heavy (non-hydrogen) atoms. The zero-order valence-corrected chi connectivity index (χ0v) is 19.1. The minimum Gasteiger partial charge on any atom is -0.455 e. The maximum absolute atomic E-state index is 14.3. The number of benzene rings is 3. The first-order chi connectivity index (χ1) is 16.9. The van der Waals surface area contributed by atoms with Gasteiger partial charge in [0, 0.05) is 51.1 Å². The van der Waals surface area contributed by atoms with Crippen molar-refractivity contribution in [2.45, 2.75) is 20.4 Å².